The lowest BCUT2D eigenvalue weighted by atomic mass is 10.1. The van der Waals surface area contributed by atoms with Gasteiger partial charge in [-0.3, -0.25) is 20.4 Å². The molecule has 0 saturated heterocycles. The van der Waals surface area contributed by atoms with Crippen molar-refractivity contribution < 1.29 is 9.59 Å². The second-order valence-electron chi connectivity index (χ2n) is 6.07. The van der Waals surface area contributed by atoms with Crippen LogP contribution in [0.25, 0.3) is 0 Å². The third kappa shape index (κ3) is 6.41. The molecular formula is C21H19ClN2O2S2. The first-order valence-electron chi connectivity index (χ1n) is 8.68. The standard InChI is InChI=1S/C21H19ClN2O2S2/c22-18-6-8-19(9-7-18)28-14-15-1-4-17(5-2-15)21(26)24-23-20(25)10-3-16-11-12-27-13-16/h1-2,4-9,11-13H,3,10,14H2,(H,23,25)(H,24,26). The lowest BCUT2D eigenvalue weighted by Gasteiger charge is -2.08. The van der Waals surface area contributed by atoms with Gasteiger partial charge in [-0.05, 0) is 70.8 Å². The molecule has 0 aliphatic rings. The van der Waals surface area contributed by atoms with Gasteiger partial charge in [-0.25, -0.2) is 0 Å². The number of amides is 2. The highest BCUT2D eigenvalue weighted by atomic mass is 35.5. The van der Waals surface area contributed by atoms with Crippen LogP contribution in [0, 0.1) is 0 Å². The number of benzene rings is 2. The Morgan fingerprint density at radius 2 is 1.68 bits per heavy atom. The highest BCUT2D eigenvalue weighted by molar-refractivity contribution is 7.98. The third-order valence-corrected chi connectivity index (χ3v) is 6.04. The minimum absolute atomic E-state index is 0.212. The first-order valence-corrected chi connectivity index (χ1v) is 11.0. The van der Waals surface area contributed by atoms with E-state index in [-0.39, 0.29) is 11.8 Å². The van der Waals surface area contributed by atoms with E-state index in [1.807, 2.05) is 53.2 Å². The number of hydrogen-bond donors (Lipinski definition) is 2. The highest BCUT2D eigenvalue weighted by Gasteiger charge is 2.08. The molecule has 0 bridgehead atoms. The molecule has 144 valence electrons. The van der Waals surface area contributed by atoms with E-state index in [2.05, 4.69) is 10.9 Å². The summed E-state index contributed by atoms with van der Waals surface area (Å²) in [5.74, 6) is 0.249. The Balaban J connectivity index is 1.42. The molecule has 2 amide bonds. The van der Waals surface area contributed by atoms with Crippen LogP contribution < -0.4 is 10.9 Å². The van der Waals surface area contributed by atoms with Gasteiger partial charge in [0.05, 0.1) is 0 Å². The monoisotopic (exact) mass is 430 g/mol. The van der Waals surface area contributed by atoms with Crippen molar-refractivity contribution in [2.24, 2.45) is 0 Å². The fourth-order valence-corrected chi connectivity index (χ4v) is 4.09. The van der Waals surface area contributed by atoms with Gasteiger partial charge in [0.15, 0.2) is 0 Å². The molecule has 3 aromatic rings. The van der Waals surface area contributed by atoms with Gasteiger partial charge < -0.3 is 0 Å². The molecular weight excluding hydrogens is 412 g/mol. The van der Waals surface area contributed by atoms with Crippen LogP contribution in [0.4, 0.5) is 0 Å². The number of nitrogens with one attached hydrogen (secondary N) is 2. The Hall–Kier alpha value is -2.28. The maximum atomic E-state index is 12.2. The Labute approximate surface area is 177 Å². The molecule has 0 fully saturated rings. The van der Waals surface area contributed by atoms with Gasteiger partial charge in [-0.1, -0.05) is 23.7 Å². The van der Waals surface area contributed by atoms with Crippen LogP contribution in [0.5, 0.6) is 0 Å². The number of hydrazine groups is 1. The minimum atomic E-state index is -0.333. The fourth-order valence-electron chi connectivity index (χ4n) is 2.40. The number of carbonyl (C=O) groups excluding carboxylic acids is 2. The Kier molecular flexibility index (Phi) is 7.54. The summed E-state index contributed by atoms with van der Waals surface area (Å²) in [6.45, 7) is 0. The van der Waals surface area contributed by atoms with Gasteiger partial charge in [0.25, 0.3) is 5.91 Å². The van der Waals surface area contributed by atoms with Crippen LogP contribution in [0.1, 0.15) is 27.9 Å². The number of hydrogen-bond acceptors (Lipinski definition) is 4. The largest absolute Gasteiger partial charge is 0.273 e. The predicted molar refractivity (Wildman–Crippen MR) is 116 cm³/mol. The number of carbonyl (C=O) groups is 2. The summed E-state index contributed by atoms with van der Waals surface area (Å²) in [6, 6.07) is 17.0. The number of rotatable bonds is 7. The molecule has 1 heterocycles. The molecule has 4 nitrogen and oxygen atoms in total. The molecule has 7 heteroatoms. The van der Waals surface area contributed by atoms with Gasteiger partial charge in [0, 0.05) is 27.7 Å². The van der Waals surface area contributed by atoms with Gasteiger partial charge in [-0.15, -0.1) is 11.8 Å². The van der Waals surface area contributed by atoms with Gasteiger partial charge >= 0.3 is 0 Å². The summed E-state index contributed by atoms with van der Waals surface area (Å²) >= 11 is 9.19. The van der Waals surface area contributed by atoms with Gasteiger partial charge in [0.2, 0.25) is 5.91 Å². The second-order valence-corrected chi connectivity index (χ2v) is 8.34. The third-order valence-electron chi connectivity index (χ3n) is 3.97. The summed E-state index contributed by atoms with van der Waals surface area (Å²) in [4.78, 5) is 25.1. The van der Waals surface area contributed by atoms with E-state index < -0.39 is 0 Å². The molecule has 0 saturated carbocycles. The lowest BCUT2D eigenvalue weighted by Crippen LogP contribution is -2.41. The normalized spacial score (nSPS) is 10.5. The molecule has 0 aliphatic carbocycles. The Morgan fingerprint density at radius 1 is 0.929 bits per heavy atom. The topological polar surface area (TPSA) is 58.2 Å². The van der Waals surface area contributed by atoms with E-state index in [1.54, 1.807) is 35.2 Å². The summed E-state index contributed by atoms with van der Waals surface area (Å²) in [7, 11) is 0. The first-order chi connectivity index (χ1) is 13.6. The maximum Gasteiger partial charge on any atom is 0.269 e. The Bertz CT molecular complexity index is 911. The van der Waals surface area contributed by atoms with Crippen molar-refractivity contribution in [2.45, 2.75) is 23.5 Å². The zero-order valence-corrected chi connectivity index (χ0v) is 17.4. The van der Waals surface area contributed by atoms with Crippen LogP contribution in [-0.2, 0) is 17.0 Å². The quantitative estimate of drug-likeness (QED) is 0.405. The SMILES string of the molecule is O=C(CCc1ccsc1)NNC(=O)c1ccc(CSc2ccc(Cl)cc2)cc1. The molecule has 1 aromatic heterocycles. The Morgan fingerprint density at radius 3 is 2.36 bits per heavy atom. The lowest BCUT2D eigenvalue weighted by molar-refractivity contribution is -0.121. The maximum absolute atomic E-state index is 12.2. The molecule has 2 aromatic carbocycles. The van der Waals surface area contributed by atoms with Crippen molar-refractivity contribution in [2.75, 3.05) is 0 Å². The number of thiophene rings is 1. The van der Waals surface area contributed by atoms with Crippen molar-refractivity contribution in [1.82, 2.24) is 10.9 Å². The van der Waals surface area contributed by atoms with Gasteiger partial charge in [0.1, 0.15) is 0 Å². The summed E-state index contributed by atoms with van der Waals surface area (Å²) in [6.07, 6.45) is 0.989. The molecule has 28 heavy (non-hydrogen) atoms. The number of halogens is 1. The summed E-state index contributed by atoms with van der Waals surface area (Å²) in [5, 5.41) is 4.71. The van der Waals surface area contributed by atoms with Crippen LogP contribution >= 0.6 is 34.7 Å². The predicted octanol–water partition coefficient (Wildman–Crippen LogP) is 5.09. The van der Waals surface area contributed by atoms with E-state index in [0.29, 0.717) is 18.4 Å². The smallest absolute Gasteiger partial charge is 0.269 e. The zero-order chi connectivity index (χ0) is 19.8. The van der Waals surface area contributed by atoms with Crippen LogP contribution in [0.2, 0.25) is 5.02 Å². The minimum Gasteiger partial charge on any atom is -0.273 e. The molecule has 0 unspecified atom stereocenters. The zero-order valence-electron chi connectivity index (χ0n) is 15.0. The molecule has 3 rings (SSSR count). The average Bonchev–Trinajstić information content (AvgIpc) is 3.24. The van der Waals surface area contributed by atoms with E-state index >= 15 is 0 Å². The van der Waals surface area contributed by atoms with E-state index in [0.717, 1.165) is 26.8 Å². The van der Waals surface area contributed by atoms with Crippen molar-refractivity contribution in [3.8, 4) is 0 Å². The van der Waals surface area contributed by atoms with Crippen molar-refractivity contribution in [3.63, 3.8) is 0 Å². The summed E-state index contributed by atoms with van der Waals surface area (Å²) < 4.78 is 0. The molecule has 0 radical (unpaired) electrons. The molecule has 0 aliphatic heterocycles. The van der Waals surface area contributed by atoms with Gasteiger partial charge in [-0.2, -0.15) is 11.3 Å². The molecule has 2 N–H and O–H groups in total. The van der Waals surface area contributed by atoms with Crippen molar-refractivity contribution in [1.29, 1.82) is 0 Å². The number of thioether (sulfide) groups is 1. The van der Waals surface area contributed by atoms with Crippen LogP contribution in [-0.4, -0.2) is 11.8 Å². The first kappa shape index (κ1) is 20.5. The van der Waals surface area contributed by atoms with Crippen molar-refractivity contribution >= 4 is 46.5 Å². The van der Waals surface area contributed by atoms with E-state index in [4.69, 9.17) is 11.6 Å². The van der Waals surface area contributed by atoms with Crippen LogP contribution in [0.3, 0.4) is 0 Å². The van der Waals surface area contributed by atoms with E-state index in [1.165, 1.54) is 0 Å². The van der Waals surface area contributed by atoms with Crippen molar-refractivity contribution in [3.05, 3.63) is 87.1 Å². The fraction of sp³-hybridized carbons (Fsp3) is 0.143. The second kappa shape index (κ2) is 10.3. The van der Waals surface area contributed by atoms with E-state index in [9.17, 15) is 9.59 Å². The highest BCUT2D eigenvalue weighted by Crippen LogP contribution is 2.24. The molecule has 0 atom stereocenters. The summed E-state index contributed by atoms with van der Waals surface area (Å²) in [5.41, 5.74) is 7.65. The molecule has 0 spiro atoms. The van der Waals surface area contributed by atoms with Crippen LogP contribution in [0.15, 0.2) is 70.3 Å². The average molecular weight is 431 g/mol. The number of aryl methyl sites for hydroxylation is 1.